The SMILES string of the molecule is C=CCNC(=O)CN(c1ccc(Cl)cc1)S(=O)(=O)c1ccc(C)cc1. The van der Waals surface area contributed by atoms with E-state index in [0.29, 0.717) is 10.7 Å². The molecule has 0 atom stereocenters. The zero-order valence-electron chi connectivity index (χ0n) is 13.8. The van der Waals surface area contributed by atoms with Crippen LogP contribution in [-0.2, 0) is 14.8 Å². The van der Waals surface area contributed by atoms with Gasteiger partial charge in [0.15, 0.2) is 0 Å². The van der Waals surface area contributed by atoms with Crippen molar-refractivity contribution in [3.63, 3.8) is 0 Å². The van der Waals surface area contributed by atoms with E-state index in [-0.39, 0.29) is 18.0 Å². The molecule has 0 heterocycles. The zero-order valence-corrected chi connectivity index (χ0v) is 15.3. The van der Waals surface area contributed by atoms with E-state index >= 15 is 0 Å². The van der Waals surface area contributed by atoms with Gasteiger partial charge in [0.2, 0.25) is 5.91 Å². The van der Waals surface area contributed by atoms with Gasteiger partial charge < -0.3 is 5.32 Å². The minimum Gasteiger partial charge on any atom is -0.351 e. The molecule has 1 N–H and O–H groups in total. The van der Waals surface area contributed by atoms with E-state index < -0.39 is 15.9 Å². The summed E-state index contributed by atoms with van der Waals surface area (Å²) in [5, 5.41) is 3.07. The summed E-state index contributed by atoms with van der Waals surface area (Å²) in [5.41, 5.74) is 1.31. The van der Waals surface area contributed by atoms with Crippen LogP contribution >= 0.6 is 11.6 Å². The molecule has 132 valence electrons. The largest absolute Gasteiger partial charge is 0.351 e. The Morgan fingerprint density at radius 1 is 1.16 bits per heavy atom. The standard InChI is InChI=1S/C18H19ClN2O3S/c1-3-12-20-18(22)13-21(16-8-6-15(19)7-9-16)25(23,24)17-10-4-14(2)5-11-17/h3-11H,1,12-13H2,2H3,(H,20,22). The van der Waals surface area contributed by atoms with E-state index in [2.05, 4.69) is 11.9 Å². The number of hydrogen-bond donors (Lipinski definition) is 1. The van der Waals surface area contributed by atoms with E-state index in [9.17, 15) is 13.2 Å². The Morgan fingerprint density at radius 3 is 2.32 bits per heavy atom. The molecular weight excluding hydrogens is 360 g/mol. The number of nitrogens with zero attached hydrogens (tertiary/aromatic N) is 1. The summed E-state index contributed by atoms with van der Waals surface area (Å²) in [5.74, 6) is -0.425. The van der Waals surface area contributed by atoms with Crippen molar-refractivity contribution in [2.75, 3.05) is 17.4 Å². The molecule has 0 aliphatic rings. The number of halogens is 1. The van der Waals surface area contributed by atoms with Crippen molar-refractivity contribution in [3.8, 4) is 0 Å². The molecule has 7 heteroatoms. The van der Waals surface area contributed by atoms with Gasteiger partial charge in [0.25, 0.3) is 10.0 Å². The molecule has 25 heavy (non-hydrogen) atoms. The highest BCUT2D eigenvalue weighted by Crippen LogP contribution is 2.25. The molecule has 5 nitrogen and oxygen atoms in total. The number of anilines is 1. The van der Waals surface area contributed by atoms with Crippen molar-refractivity contribution in [2.45, 2.75) is 11.8 Å². The molecule has 0 aromatic heterocycles. The second-order valence-electron chi connectivity index (χ2n) is 5.39. The van der Waals surface area contributed by atoms with Crippen LogP contribution in [-0.4, -0.2) is 27.4 Å². The lowest BCUT2D eigenvalue weighted by Gasteiger charge is -2.24. The predicted molar refractivity (Wildman–Crippen MR) is 100 cm³/mol. The van der Waals surface area contributed by atoms with Crippen LogP contribution in [0.25, 0.3) is 0 Å². The summed E-state index contributed by atoms with van der Waals surface area (Å²) in [6, 6.07) is 12.8. The number of sulfonamides is 1. The predicted octanol–water partition coefficient (Wildman–Crippen LogP) is 3.15. The van der Waals surface area contributed by atoms with Crippen molar-refractivity contribution in [1.82, 2.24) is 5.32 Å². The third-order valence-corrected chi connectivity index (χ3v) is 5.49. The third kappa shape index (κ3) is 4.84. The highest BCUT2D eigenvalue weighted by atomic mass is 35.5. The molecule has 0 unspecified atom stereocenters. The summed E-state index contributed by atoms with van der Waals surface area (Å²) in [4.78, 5) is 12.2. The Hall–Kier alpha value is -2.31. The fraction of sp³-hybridized carbons (Fsp3) is 0.167. The van der Waals surface area contributed by atoms with Crippen LogP contribution in [0.2, 0.25) is 5.02 Å². The van der Waals surface area contributed by atoms with Gasteiger partial charge in [-0.05, 0) is 43.3 Å². The zero-order chi connectivity index (χ0) is 18.4. The van der Waals surface area contributed by atoms with Gasteiger partial charge in [0.1, 0.15) is 6.54 Å². The number of nitrogens with one attached hydrogen (secondary N) is 1. The van der Waals surface area contributed by atoms with E-state index in [1.807, 2.05) is 6.92 Å². The van der Waals surface area contributed by atoms with Crippen LogP contribution in [0.4, 0.5) is 5.69 Å². The number of rotatable bonds is 7. The molecule has 1 amide bonds. The topological polar surface area (TPSA) is 66.5 Å². The number of carbonyl (C=O) groups excluding carboxylic acids is 1. The molecule has 0 aliphatic carbocycles. The first-order valence-electron chi connectivity index (χ1n) is 7.57. The van der Waals surface area contributed by atoms with Crippen molar-refractivity contribution < 1.29 is 13.2 Å². The molecule has 0 spiro atoms. The van der Waals surface area contributed by atoms with Gasteiger partial charge >= 0.3 is 0 Å². The number of aryl methyl sites for hydroxylation is 1. The summed E-state index contributed by atoms with van der Waals surface area (Å²) in [6.07, 6.45) is 1.53. The van der Waals surface area contributed by atoms with E-state index in [4.69, 9.17) is 11.6 Å². The van der Waals surface area contributed by atoms with Gasteiger partial charge in [-0.3, -0.25) is 9.10 Å². The maximum Gasteiger partial charge on any atom is 0.264 e. The van der Waals surface area contributed by atoms with Crippen molar-refractivity contribution in [2.24, 2.45) is 0 Å². The maximum absolute atomic E-state index is 13.0. The normalized spacial score (nSPS) is 11.0. The Balaban J connectivity index is 2.42. The average molecular weight is 379 g/mol. The fourth-order valence-electron chi connectivity index (χ4n) is 2.13. The van der Waals surface area contributed by atoms with Crippen LogP contribution in [0.15, 0.2) is 66.1 Å². The molecule has 2 aromatic rings. The van der Waals surface area contributed by atoms with Crippen LogP contribution in [0, 0.1) is 6.92 Å². The molecule has 0 saturated carbocycles. The average Bonchev–Trinajstić information content (AvgIpc) is 2.59. The van der Waals surface area contributed by atoms with E-state index in [1.54, 1.807) is 36.4 Å². The Bertz CT molecular complexity index is 847. The highest BCUT2D eigenvalue weighted by Gasteiger charge is 2.27. The summed E-state index contributed by atoms with van der Waals surface area (Å²) in [7, 11) is -3.90. The molecule has 2 rings (SSSR count). The van der Waals surface area contributed by atoms with Crippen LogP contribution in [0.5, 0.6) is 0 Å². The van der Waals surface area contributed by atoms with Gasteiger partial charge in [0.05, 0.1) is 10.6 Å². The van der Waals surface area contributed by atoms with Gasteiger partial charge in [0, 0.05) is 11.6 Å². The summed E-state index contributed by atoms with van der Waals surface area (Å²) >= 11 is 5.88. The quantitative estimate of drug-likeness (QED) is 0.752. The lowest BCUT2D eigenvalue weighted by molar-refractivity contribution is -0.119. The first-order chi connectivity index (χ1) is 11.8. The molecule has 0 bridgehead atoms. The monoisotopic (exact) mass is 378 g/mol. The first kappa shape index (κ1) is 19.0. The van der Waals surface area contributed by atoms with E-state index in [0.717, 1.165) is 9.87 Å². The van der Waals surface area contributed by atoms with Gasteiger partial charge in [-0.2, -0.15) is 0 Å². The molecule has 2 aromatic carbocycles. The van der Waals surface area contributed by atoms with Crippen molar-refractivity contribution in [3.05, 3.63) is 71.8 Å². The third-order valence-electron chi connectivity index (χ3n) is 3.45. The van der Waals surface area contributed by atoms with Crippen molar-refractivity contribution >= 4 is 33.2 Å². The summed E-state index contributed by atoms with van der Waals surface area (Å²) < 4.78 is 27.1. The van der Waals surface area contributed by atoms with Gasteiger partial charge in [-0.15, -0.1) is 6.58 Å². The molecule has 0 saturated heterocycles. The number of amides is 1. The fourth-order valence-corrected chi connectivity index (χ4v) is 3.68. The van der Waals surface area contributed by atoms with Gasteiger partial charge in [-0.1, -0.05) is 35.4 Å². The molecule has 0 radical (unpaired) electrons. The Kier molecular flexibility index (Phi) is 6.22. The Labute approximate surface area is 153 Å². The minimum absolute atomic E-state index is 0.115. The second-order valence-corrected chi connectivity index (χ2v) is 7.69. The minimum atomic E-state index is -3.90. The van der Waals surface area contributed by atoms with Crippen molar-refractivity contribution in [1.29, 1.82) is 0 Å². The molecule has 0 fully saturated rings. The Morgan fingerprint density at radius 2 is 1.76 bits per heavy atom. The lowest BCUT2D eigenvalue weighted by Crippen LogP contribution is -2.40. The van der Waals surface area contributed by atoms with Gasteiger partial charge in [-0.25, -0.2) is 8.42 Å². The number of carbonyl (C=O) groups is 1. The highest BCUT2D eigenvalue weighted by molar-refractivity contribution is 7.92. The van der Waals surface area contributed by atoms with E-state index in [1.165, 1.54) is 18.2 Å². The van der Waals surface area contributed by atoms with Crippen LogP contribution in [0.3, 0.4) is 0 Å². The number of hydrogen-bond acceptors (Lipinski definition) is 3. The van der Waals surface area contributed by atoms with Crippen LogP contribution < -0.4 is 9.62 Å². The van der Waals surface area contributed by atoms with Crippen LogP contribution in [0.1, 0.15) is 5.56 Å². The molecular formula is C18H19ClN2O3S. The first-order valence-corrected chi connectivity index (χ1v) is 9.39. The second kappa shape index (κ2) is 8.18. The lowest BCUT2D eigenvalue weighted by atomic mass is 10.2. The maximum atomic E-state index is 13.0. The smallest absolute Gasteiger partial charge is 0.264 e. The summed E-state index contributed by atoms with van der Waals surface area (Å²) in [6.45, 7) is 5.31. The number of benzene rings is 2. The molecule has 0 aliphatic heterocycles.